The molecule has 0 heterocycles. The number of hydrogen-bond acceptors (Lipinski definition) is 2. The second kappa shape index (κ2) is 5.74. The van der Waals surface area contributed by atoms with Gasteiger partial charge in [-0.1, -0.05) is 37.6 Å². The van der Waals surface area contributed by atoms with Gasteiger partial charge in [-0.25, -0.2) is 0 Å². The fourth-order valence-corrected chi connectivity index (χ4v) is 2.66. The van der Waals surface area contributed by atoms with Crippen LogP contribution in [0.1, 0.15) is 45.1 Å². The lowest BCUT2D eigenvalue weighted by atomic mass is 9.93. The van der Waals surface area contributed by atoms with Crippen LogP contribution in [-0.2, 0) is 10.2 Å². The molecule has 1 fully saturated rings. The normalized spacial score (nSPS) is 16.8. The fraction of sp³-hybridized carbons (Fsp3) is 0.562. The third-order valence-corrected chi connectivity index (χ3v) is 4.69. The number of hydrogen-bond donors (Lipinski definition) is 2. The highest BCUT2D eigenvalue weighted by Crippen LogP contribution is 2.48. The van der Waals surface area contributed by atoms with Crippen molar-refractivity contribution in [3.63, 3.8) is 0 Å². The molecule has 0 bridgehead atoms. The molecule has 0 spiro atoms. The lowest BCUT2D eigenvalue weighted by Gasteiger charge is -2.27. The van der Waals surface area contributed by atoms with Crippen LogP contribution in [0.5, 0.6) is 0 Å². The summed E-state index contributed by atoms with van der Waals surface area (Å²) in [6.45, 7) is 4.17. The van der Waals surface area contributed by atoms with Crippen molar-refractivity contribution in [2.45, 2.75) is 50.5 Å². The van der Waals surface area contributed by atoms with Gasteiger partial charge in [-0.05, 0) is 43.4 Å². The maximum absolute atomic E-state index is 12.5. The number of amides is 1. The first kappa shape index (κ1) is 15.3. The van der Waals surface area contributed by atoms with Gasteiger partial charge in [0, 0.05) is 11.6 Å². The molecule has 1 aromatic rings. The Hall–Kier alpha value is -1.06. The Morgan fingerprint density at radius 2 is 2.05 bits per heavy atom. The minimum absolute atomic E-state index is 0.0000849. The summed E-state index contributed by atoms with van der Waals surface area (Å²) in [6.07, 6.45) is 2.95. The third kappa shape index (κ3) is 2.99. The van der Waals surface area contributed by atoms with Gasteiger partial charge >= 0.3 is 0 Å². The van der Waals surface area contributed by atoms with E-state index in [-0.39, 0.29) is 5.91 Å². The number of nitrogens with one attached hydrogen (secondary N) is 1. The molecule has 1 saturated carbocycles. The van der Waals surface area contributed by atoms with Crippen LogP contribution in [-0.4, -0.2) is 23.2 Å². The molecule has 0 aliphatic heterocycles. The van der Waals surface area contributed by atoms with Crippen molar-refractivity contribution in [2.24, 2.45) is 0 Å². The molecule has 2 rings (SSSR count). The summed E-state index contributed by atoms with van der Waals surface area (Å²) in [6, 6.07) is 7.50. The molecule has 110 valence electrons. The van der Waals surface area contributed by atoms with Gasteiger partial charge in [0.1, 0.15) is 0 Å². The molecule has 3 nitrogen and oxygen atoms in total. The van der Waals surface area contributed by atoms with E-state index in [2.05, 4.69) is 5.32 Å². The van der Waals surface area contributed by atoms with E-state index < -0.39 is 11.0 Å². The van der Waals surface area contributed by atoms with Gasteiger partial charge in [-0.2, -0.15) is 0 Å². The molecule has 1 aliphatic carbocycles. The highest BCUT2D eigenvalue weighted by molar-refractivity contribution is 6.30. The third-order valence-electron chi connectivity index (χ3n) is 4.46. The Bertz CT molecular complexity index is 493. The average molecular weight is 296 g/mol. The summed E-state index contributed by atoms with van der Waals surface area (Å²) in [4.78, 5) is 12.5. The number of rotatable bonds is 6. The van der Waals surface area contributed by atoms with Gasteiger partial charge in [-0.3, -0.25) is 4.79 Å². The van der Waals surface area contributed by atoms with Crippen LogP contribution in [0.2, 0.25) is 5.02 Å². The van der Waals surface area contributed by atoms with Crippen molar-refractivity contribution < 1.29 is 9.90 Å². The van der Waals surface area contributed by atoms with Gasteiger partial charge < -0.3 is 10.4 Å². The molecule has 1 amide bonds. The first-order chi connectivity index (χ1) is 9.46. The van der Waals surface area contributed by atoms with E-state index in [4.69, 9.17) is 11.6 Å². The van der Waals surface area contributed by atoms with Crippen molar-refractivity contribution in [1.82, 2.24) is 5.32 Å². The summed E-state index contributed by atoms with van der Waals surface area (Å²) in [5, 5.41) is 13.8. The molecule has 1 aliphatic rings. The van der Waals surface area contributed by atoms with Gasteiger partial charge in [-0.15, -0.1) is 0 Å². The van der Waals surface area contributed by atoms with Crippen LogP contribution in [0.3, 0.4) is 0 Å². The topological polar surface area (TPSA) is 49.3 Å². The molecule has 20 heavy (non-hydrogen) atoms. The van der Waals surface area contributed by atoms with Crippen LogP contribution in [0, 0.1) is 0 Å². The van der Waals surface area contributed by atoms with E-state index in [0.717, 1.165) is 18.4 Å². The molecule has 0 aromatic heterocycles. The predicted octanol–water partition coefficient (Wildman–Crippen LogP) is 3.04. The second-order valence-corrected chi connectivity index (χ2v) is 6.14. The first-order valence-corrected chi connectivity index (χ1v) is 7.60. The van der Waals surface area contributed by atoms with E-state index in [1.807, 2.05) is 38.1 Å². The minimum atomic E-state index is -0.805. The van der Waals surface area contributed by atoms with Gasteiger partial charge in [0.25, 0.3) is 0 Å². The molecule has 0 radical (unpaired) electrons. The number of carbonyl (C=O) groups excluding carboxylic acids is 1. The lowest BCUT2D eigenvalue weighted by molar-refractivity contribution is -0.125. The van der Waals surface area contributed by atoms with Gasteiger partial charge in [0.05, 0.1) is 11.0 Å². The molecule has 0 saturated heterocycles. The SMILES string of the molecule is CCC(O)(CC)CNC(=O)C1(c2cccc(Cl)c2)CC1. The first-order valence-electron chi connectivity index (χ1n) is 7.22. The highest BCUT2D eigenvalue weighted by Gasteiger charge is 2.51. The second-order valence-electron chi connectivity index (χ2n) is 5.71. The standard InChI is InChI=1S/C16H22ClNO2/c1-3-15(20,4-2)11-18-14(19)16(8-9-16)12-6-5-7-13(17)10-12/h5-7,10,20H,3-4,8-9,11H2,1-2H3,(H,18,19). The Labute approximate surface area is 125 Å². The molecule has 4 heteroatoms. The summed E-state index contributed by atoms with van der Waals surface area (Å²) >= 11 is 6.01. The summed E-state index contributed by atoms with van der Waals surface area (Å²) in [5.41, 5.74) is -0.271. The molecule has 0 unspecified atom stereocenters. The molecule has 2 N–H and O–H groups in total. The molecule has 1 aromatic carbocycles. The monoisotopic (exact) mass is 295 g/mol. The van der Waals surface area contributed by atoms with Crippen molar-refractivity contribution in [1.29, 1.82) is 0 Å². The van der Waals surface area contributed by atoms with Crippen molar-refractivity contribution in [3.05, 3.63) is 34.9 Å². The maximum atomic E-state index is 12.5. The molecular weight excluding hydrogens is 274 g/mol. The summed E-state index contributed by atoms with van der Waals surface area (Å²) in [5.74, 6) is 0.0000849. The van der Waals surface area contributed by atoms with E-state index >= 15 is 0 Å². The number of carbonyl (C=O) groups is 1. The average Bonchev–Trinajstić information content (AvgIpc) is 3.26. The summed E-state index contributed by atoms with van der Waals surface area (Å²) < 4.78 is 0. The van der Waals surface area contributed by atoms with Crippen LogP contribution in [0.4, 0.5) is 0 Å². The zero-order valence-electron chi connectivity index (χ0n) is 12.1. The lowest BCUT2D eigenvalue weighted by Crippen LogP contribution is -2.45. The van der Waals surface area contributed by atoms with Crippen molar-refractivity contribution in [2.75, 3.05) is 6.54 Å². The van der Waals surface area contributed by atoms with E-state index in [9.17, 15) is 9.90 Å². The largest absolute Gasteiger partial charge is 0.388 e. The quantitative estimate of drug-likeness (QED) is 0.847. The minimum Gasteiger partial charge on any atom is -0.388 e. The van der Waals surface area contributed by atoms with E-state index in [0.29, 0.717) is 24.4 Å². The van der Waals surface area contributed by atoms with Crippen molar-refractivity contribution in [3.8, 4) is 0 Å². The summed E-state index contributed by atoms with van der Waals surface area (Å²) in [7, 11) is 0. The highest BCUT2D eigenvalue weighted by atomic mass is 35.5. The number of benzene rings is 1. The van der Waals surface area contributed by atoms with Crippen LogP contribution in [0.15, 0.2) is 24.3 Å². The van der Waals surface area contributed by atoms with Crippen LogP contribution >= 0.6 is 11.6 Å². The van der Waals surface area contributed by atoms with Crippen LogP contribution in [0.25, 0.3) is 0 Å². The molecular formula is C16H22ClNO2. The van der Waals surface area contributed by atoms with Crippen LogP contribution < -0.4 is 5.32 Å². The number of aliphatic hydroxyl groups is 1. The van der Waals surface area contributed by atoms with Gasteiger partial charge in [0.15, 0.2) is 0 Å². The number of halogens is 1. The molecule has 0 atom stereocenters. The van der Waals surface area contributed by atoms with Crippen molar-refractivity contribution >= 4 is 17.5 Å². The Morgan fingerprint density at radius 3 is 2.55 bits per heavy atom. The Morgan fingerprint density at radius 1 is 1.40 bits per heavy atom. The van der Waals surface area contributed by atoms with E-state index in [1.54, 1.807) is 0 Å². The van der Waals surface area contributed by atoms with E-state index in [1.165, 1.54) is 0 Å². The Kier molecular flexibility index (Phi) is 4.40. The zero-order chi connectivity index (χ0) is 14.8. The maximum Gasteiger partial charge on any atom is 0.230 e. The van der Waals surface area contributed by atoms with Gasteiger partial charge in [0.2, 0.25) is 5.91 Å². The Balaban J connectivity index is 2.06. The smallest absolute Gasteiger partial charge is 0.230 e. The fourth-order valence-electron chi connectivity index (χ4n) is 2.47. The zero-order valence-corrected chi connectivity index (χ0v) is 12.8. The predicted molar refractivity (Wildman–Crippen MR) is 80.9 cm³/mol.